The molecule has 156 valence electrons. The zero-order valence-corrected chi connectivity index (χ0v) is 16.3. The molecule has 2 saturated heterocycles. The molecule has 0 aliphatic carbocycles. The second-order valence-electron chi connectivity index (χ2n) is 7.03. The van der Waals surface area contributed by atoms with Crippen molar-refractivity contribution in [2.24, 2.45) is 0 Å². The van der Waals surface area contributed by atoms with E-state index in [2.05, 4.69) is 0 Å². The number of benzene rings is 2. The van der Waals surface area contributed by atoms with Gasteiger partial charge in [0.05, 0.1) is 13.2 Å². The highest BCUT2D eigenvalue weighted by atomic mass is 16.8. The van der Waals surface area contributed by atoms with Gasteiger partial charge in [0.15, 0.2) is 12.6 Å². The number of methoxy groups -OCH3 is 1. The van der Waals surface area contributed by atoms with Gasteiger partial charge in [-0.15, -0.1) is 0 Å². The molecule has 2 aromatic rings. The van der Waals surface area contributed by atoms with Crippen molar-refractivity contribution in [3.8, 4) is 0 Å². The third-order valence-corrected chi connectivity index (χ3v) is 5.07. The van der Waals surface area contributed by atoms with Gasteiger partial charge in [-0.3, -0.25) is 0 Å². The molecular weight excluding hydrogens is 376 g/mol. The molecule has 2 aromatic carbocycles. The molecule has 2 aliphatic heterocycles. The van der Waals surface area contributed by atoms with Gasteiger partial charge in [0.1, 0.15) is 31.2 Å². The zero-order chi connectivity index (χ0) is 20.1. The molecule has 0 spiro atoms. The van der Waals surface area contributed by atoms with Crippen LogP contribution >= 0.6 is 0 Å². The molecule has 0 bridgehead atoms. The van der Waals surface area contributed by atoms with E-state index in [0.717, 1.165) is 11.1 Å². The third kappa shape index (κ3) is 4.84. The molecule has 2 heterocycles. The lowest BCUT2D eigenvalue weighted by molar-refractivity contribution is -0.367. The van der Waals surface area contributed by atoms with Crippen LogP contribution in [0.4, 0.5) is 0 Å². The van der Waals surface area contributed by atoms with E-state index in [1.165, 1.54) is 7.11 Å². The number of ether oxygens (including phenoxy) is 6. The predicted molar refractivity (Wildman–Crippen MR) is 103 cm³/mol. The number of hydrogen-bond donors (Lipinski definition) is 1. The van der Waals surface area contributed by atoms with Gasteiger partial charge >= 0.3 is 0 Å². The number of fused-ring (bicyclic) bond motifs is 1. The van der Waals surface area contributed by atoms with Crippen molar-refractivity contribution >= 4 is 0 Å². The molecule has 7 nitrogen and oxygen atoms in total. The van der Waals surface area contributed by atoms with Crippen LogP contribution in [-0.4, -0.2) is 56.3 Å². The van der Waals surface area contributed by atoms with Gasteiger partial charge in [-0.2, -0.15) is 0 Å². The maximum atomic E-state index is 10.7. The van der Waals surface area contributed by atoms with Crippen LogP contribution in [0, 0.1) is 0 Å². The van der Waals surface area contributed by atoms with Crippen LogP contribution < -0.4 is 0 Å². The summed E-state index contributed by atoms with van der Waals surface area (Å²) < 4.78 is 34.5. The Labute approximate surface area is 170 Å². The minimum absolute atomic E-state index is 0.0104. The lowest BCUT2D eigenvalue weighted by Gasteiger charge is -2.47. The molecule has 0 saturated carbocycles. The molecule has 0 unspecified atom stereocenters. The maximum Gasteiger partial charge on any atom is 0.186 e. The molecule has 4 rings (SSSR count). The Bertz CT molecular complexity index is 741. The second-order valence-corrected chi connectivity index (χ2v) is 7.03. The third-order valence-electron chi connectivity index (χ3n) is 5.07. The van der Waals surface area contributed by atoms with Crippen molar-refractivity contribution in [1.29, 1.82) is 0 Å². The fourth-order valence-electron chi connectivity index (χ4n) is 3.59. The van der Waals surface area contributed by atoms with Crippen LogP contribution in [0.15, 0.2) is 60.7 Å². The van der Waals surface area contributed by atoms with Crippen LogP contribution in [0.3, 0.4) is 0 Å². The number of aliphatic hydroxyl groups is 1. The molecule has 29 heavy (non-hydrogen) atoms. The monoisotopic (exact) mass is 402 g/mol. The Hall–Kier alpha value is -1.84. The van der Waals surface area contributed by atoms with Crippen molar-refractivity contribution in [2.75, 3.05) is 20.5 Å². The summed E-state index contributed by atoms with van der Waals surface area (Å²) in [5.74, 6) is 0. The first kappa shape index (κ1) is 20.4. The summed E-state index contributed by atoms with van der Waals surface area (Å²) in [6.45, 7) is 0.733. The van der Waals surface area contributed by atoms with E-state index in [0.29, 0.717) is 13.2 Å². The Balaban J connectivity index is 1.40. The van der Waals surface area contributed by atoms with Crippen LogP contribution in [0.1, 0.15) is 17.4 Å². The lowest BCUT2D eigenvalue weighted by atomic mass is 9.97. The van der Waals surface area contributed by atoms with E-state index < -0.39 is 37.0 Å². The normalized spacial score (nSPS) is 31.9. The van der Waals surface area contributed by atoms with E-state index in [1.807, 2.05) is 60.7 Å². The molecule has 2 fully saturated rings. The minimum Gasteiger partial charge on any atom is -0.385 e. The second kappa shape index (κ2) is 9.77. The lowest BCUT2D eigenvalue weighted by Crippen LogP contribution is -2.63. The first-order chi connectivity index (χ1) is 14.3. The molecular formula is C22H26O7. The number of rotatable bonds is 7. The largest absolute Gasteiger partial charge is 0.385 e. The van der Waals surface area contributed by atoms with Crippen molar-refractivity contribution in [2.45, 2.75) is 43.6 Å². The highest BCUT2D eigenvalue weighted by Gasteiger charge is 2.50. The highest BCUT2D eigenvalue weighted by Crippen LogP contribution is 2.35. The maximum absolute atomic E-state index is 10.7. The minimum atomic E-state index is -1.02. The van der Waals surface area contributed by atoms with Gasteiger partial charge in [0.2, 0.25) is 0 Å². The Kier molecular flexibility index (Phi) is 6.89. The van der Waals surface area contributed by atoms with E-state index in [9.17, 15) is 5.11 Å². The molecule has 0 radical (unpaired) electrons. The molecule has 1 N–H and O–H groups in total. The van der Waals surface area contributed by atoms with Gasteiger partial charge in [-0.05, 0) is 5.56 Å². The average Bonchev–Trinajstić information content (AvgIpc) is 2.78. The Morgan fingerprint density at radius 2 is 1.72 bits per heavy atom. The Morgan fingerprint density at radius 1 is 1.00 bits per heavy atom. The summed E-state index contributed by atoms with van der Waals surface area (Å²) in [5, 5.41) is 10.7. The first-order valence-corrected chi connectivity index (χ1v) is 9.68. The quantitative estimate of drug-likeness (QED) is 0.563. The smallest absolute Gasteiger partial charge is 0.186 e. The van der Waals surface area contributed by atoms with Crippen molar-refractivity contribution in [3.63, 3.8) is 0 Å². The van der Waals surface area contributed by atoms with Crippen LogP contribution in [-0.2, 0) is 35.0 Å². The summed E-state index contributed by atoms with van der Waals surface area (Å²) in [6, 6.07) is 19.5. The average molecular weight is 402 g/mol. The molecule has 0 amide bonds. The SMILES string of the molecule is CO[C@H]1O[C@@H]2CO[C@H](c3ccccc3)O[C@@H]2[C@@H](OCOCc2ccccc2)[C@@H]1O. The van der Waals surface area contributed by atoms with Gasteiger partial charge < -0.3 is 33.5 Å². The molecule has 6 atom stereocenters. The summed E-state index contributed by atoms with van der Waals surface area (Å²) >= 11 is 0. The first-order valence-electron chi connectivity index (χ1n) is 9.68. The van der Waals surface area contributed by atoms with E-state index in [4.69, 9.17) is 28.4 Å². The topological polar surface area (TPSA) is 75.6 Å². The van der Waals surface area contributed by atoms with Crippen LogP contribution in [0.2, 0.25) is 0 Å². The van der Waals surface area contributed by atoms with Crippen molar-refractivity contribution in [1.82, 2.24) is 0 Å². The Morgan fingerprint density at radius 3 is 2.45 bits per heavy atom. The molecule has 0 aromatic heterocycles. The predicted octanol–water partition coefficient (Wildman–Crippen LogP) is 2.39. The summed E-state index contributed by atoms with van der Waals surface area (Å²) in [4.78, 5) is 0. The van der Waals surface area contributed by atoms with Crippen molar-refractivity contribution in [3.05, 3.63) is 71.8 Å². The zero-order valence-electron chi connectivity index (χ0n) is 16.3. The summed E-state index contributed by atoms with van der Waals surface area (Å²) in [7, 11) is 1.48. The van der Waals surface area contributed by atoms with Gasteiger partial charge in [-0.25, -0.2) is 0 Å². The summed E-state index contributed by atoms with van der Waals surface area (Å²) in [6.07, 6.45) is -4.00. The summed E-state index contributed by atoms with van der Waals surface area (Å²) in [5.41, 5.74) is 1.94. The fourth-order valence-corrected chi connectivity index (χ4v) is 3.59. The van der Waals surface area contributed by atoms with Crippen LogP contribution in [0.25, 0.3) is 0 Å². The highest BCUT2D eigenvalue weighted by molar-refractivity contribution is 5.17. The molecule has 2 aliphatic rings. The van der Waals surface area contributed by atoms with Gasteiger partial charge in [0.25, 0.3) is 0 Å². The molecule has 7 heteroatoms. The fraction of sp³-hybridized carbons (Fsp3) is 0.455. The van der Waals surface area contributed by atoms with E-state index >= 15 is 0 Å². The van der Waals surface area contributed by atoms with Crippen molar-refractivity contribution < 1.29 is 33.5 Å². The van der Waals surface area contributed by atoms with Crippen LogP contribution in [0.5, 0.6) is 0 Å². The van der Waals surface area contributed by atoms with E-state index in [-0.39, 0.29) is 6.79 Å². The standard InChI is InChI=1S/C22H26O7/c1-24-22-18(23)20(27-14-25-12-15-8-4-2-5-9-15)19-17(28-22)13-26-21(29-19)16-10-6-3-7-11-16/h2-11,17-23H,12-14H2,1H3/t17-,18+,19+,20+,21+,22+/m1/s1. The van der Waals surface area contributed by atoms with Gasteiger partial charge in [-0.1, -0.05) is 60.7 Å². The number of hydrogen-bond acceptors (Lipinski definition) is 7. The number of aliphatic hydroxyl groups excluding tert-OH is 1. The van der Waals surface area contributed by atoms with E-state index in [1.54, 1.807) is 0 Å². The van der Waals surface area contributed by atoms with Gasteiger partial charge in [0, 0.05) is 12.7 Å².